The number of ketones is 1. The highest BCUT2D eigenvalue weighted by molar-refractivity contribution is 6.00. The molecule has 0 amide bonds. The number of benzene rings is 3. The van der Waals surface area contributed by atoms with E-state index in [4.69, 9.17) is 9.15 Å². The van der Waals surface area contributed by atoms with Crippen LogP contribution in [0.15, 0.2) is 99.1 Å². The highest BCUT2D eigenvalue weighted by Gasteiger charge is 2.44. The van der Waals surface area contributed by atoms with Crippen LogP contribution in [0.4, 0.5) is 0 Å². The minimum Gasteiger partial charge on any atom is -0.508 e. The van der Waals surface area contributed by atoms with Gasteiger partial charge in [-0.2, -0.15) is 0 Å². The summed E-state index contributed by atoms with van der Waals surface area (Å²) in [5.41, 5.74) is 0.104. The van der Waals surface area contributed by atoms with E-state index in [0.29, 0.717) is 5.56 Å². The number of aliphatic hydroxyl groups excluding tert-OH is 2. The third kappa shape index (κ3) is 3.99. The fraction of sp³-hybridized carbons (Fsp3) is 0.0667. The molecule has 10 heteroatoms. The van der Waals surface area contributed by atoms with Crippen LogP contribution in [0.5, 0.6) is 23.0 Å². The minimum absolute atomic E-state index is 0.0133. The summed E-state index contributed by atoms with van der Waals surface area (Å²) >= 11 is 0. The molecule has 1 aliphatic heterocycles. The van der Waals surface area contributed by atoms with E-state index in [0.717, 1.165) is 18.2 Å². The van der Waals surface area contributed by atoms with Gasteiger partial charge in [-0.1, -0.05) is 0 Å². The number of hydrogen-bond acceptors (Lipinski definition) is 10. The number of aromatic hydroxyl groups is 4. The van der Waals surface area contributed by atoms with Gasteiger partial charge in [0.2, 0.25) is 0 Å². The van der Waals surface area contributed by atoms with E-state index in [1.807, 2.05) is 0 Å². The number of rotatable bonds is 3. The Kier molecular flexibility index (Phi) is 5.54. The second-order valence-electron chi connectivity index (χ2n) is 9.39. The Morgan fingerprint density at radius 1 is 0.700 bits per heavy atom. The zero-order valence-electron chi connectivity index (χ0n) is 20.4. The van der Waals surface area contributed by atoms with Crippen LogP contribution in [-0.2, 0) is 9.53 Å². The fourth-order valence-corrected chi connectivity index (χ4v) is 4.99. The number of carbonyl (C=O) groups is 1. The molecule has 3 aromatic carbocycles. The lowest BCUT2D eigenvalue weighted by atomic mass is 9.78. The molecule has 6 N–H and O–H groups in total. The molecule has 6 rings (SSSR count). The van der Waals surface area contributed by atoms with Crippen LogP contribution in [0.3, 0.4) is 0 Å². The monoisotopic (exact) mass is 540 g/mol. The Bertz CT molecular complexity index is 1880. The van der Waals surface area contributed by atoms with E-state index in [-0.39, 0.29) is 62.2 Å². The summed E-state index contributed by atoms with van der Waals surface area (Å²) in [5.74, 6) is -3.54. The first-order valence-corrected chi connectivity index (χ1v) is 12.0. The predicted octanol–water partition coefficient (Wildman–Crippen LogP) is 4.64. The quantitative estimate of drug-likeness (QED) is 0.214. The highest BCUT2D eigenvalue weighted by atomic mass is 16.5. The minimum atomic E-state index is -1.25. The van der Waals surface area contributed by atoms with Crippen molar-refractivity contribution in [2.45, 2.75) is 12.0 Å². The molecule has 1 aromatic heterocycles. The molecular weight excluding hydrogens is 520 g/mol. The zero-order valence-corrected chi connectivity index (χ0v) is 20.4. The van der Waals surface area contributed by atoms with Crippen molar-refractivity contribution in [3.05, 3.63) is 111 Å². The van der Waals surface area contributed by atoms with Crippen molar-refractivity contribution in [3.63, 3.8) is 0 Å². The van der Waals surface area contributed by atoms with E-state index in [2.05, 4.69) is 0 Å². The van der Waals surface area contributed by atoms with Gasteiger partial charge in [0.1, 0.15) is 63.1 Å². The van der Waals surface area contributed by atoms with Crippen LogP contribution in [-0.4, -0.2) is 42.5 Å². The molecule has 0 bridgehead atoms. The number of fused-ring (bicyclic) bond motifs is 2. The first kappa shape index (κ1) is 24.7. The lowest BCUT2D eigenvalue weighted by Crippen LogP contribution is -2.36. The van der Waals surface area contributed by atoms with Gasteiger partial charge in [0.15, 0.2) is 11.2 Å². The predicted molar refractivity (Wildman–Crippen MR) is 142 cm³/mol. The molecular formula is C30H20O10. The average molecular weight is 540 g/mol. The molecule has 2 aliphatic rings. The van der Waals surface area contributed by atoms with Crippen LogP contribution in [0.25, 0.3) is 28.1 Å². The van der Waals surface area contributed by atoms with Gasteiger partial charge in [0, 0.05) is 47.0 Å². The van der Waals surface area contributed by atoms with Crippen LogP contribution in [0, 0.1) is 0 Å². The average Bonchev–Trinajstić information content (AvgIpc) is 2.89. The normalized spacial score (nSPS) is 18.6. The van der Waals surface area contributed by atoms with Crippen molar-refractivity contribution >= 4 is 22.5 Å². The Hall–Kier alpha value is -5.64. The molecule has 0 fully saturated rings. The maximum Gasteiger partial charge on any atom is 0.197 e. The van der Waals surface area contributed by atoms with Gasteiger partial charge in [-0.25, -0.2) is 0 Å². The topological polar surface area (TPSA) is 178 Å². The Labute approximate surface area is 224 Å². The van der Waals surface area contributed by atoms with Gasteiger partial charge in [0.05, 0.1) is 11.5 Å². The van der Waals surface area contributed by atoms with Gasteiger partial charge in [-0.05, 0) is 42.5 Å². The van der Waals surface area contributed by atoms with Crippen molar-refractivity contribution < 1.29 is 44.6 Å². The van der Waals surface area contributed by atoms with Crippen LogP contribution in [0.1, 0.15) is 17.0 Å². The van der Waals surface area contributed by atoms with Crippen molar-refractivity contribution in [3.8, 4) is 34.3 Å². The Morgan fingerprint density at radius 3 is 2.17 bits per heavy atom. The number of phenolic OH excluding ortho intramolecular Hbond substituents is 4. The summed E-state index contributed by atoms with van der Waals surface area (Å²) < 4.78 is 11.9. The number of aliphatic hydroxyl groups is 2. The SMILES string of the molecule is O=C1C=C(O)C2=C(O)C=C(c3ccc(O)cc3)OC2C1c1cc(-c2cc(=O)c3c(O)cc(O)cc3o2)ccc1O. The molecule has 0 spiro atoms. The van der Waals surface area contributed by atoms with E-state index < -0.39 is 34.7 Å². The maximum absolute atomic E-state index is 13.2. The highest BCUT2D eigenvalue weighted by Crippen LogP contribution is 2.45. The van der Waals surface area contributed by atoms with Crippen LogP contribution >= 0.6 is 0 Å². The van der Waals surface area contributed by atoms with Gasteiger partial charge < -0.3 is 39.8 Å². The molecule has 200 valence electrons. The molecule has 4 aromatic rings. The number of ether oxygens (including phenoxy) is 1. The summed E-state index contributed by atoms with van der Waals surface area (Å²) in [4.78, 5) is 26.0. The maximum atomic E-state index is 13.2. The van der Waals surface area contributed by atoms with Crippen molar-refractivity contribution in [2.75, 3.05) is 0 Å². The molecule has 0 radical (unpaired) electrons. The molecule has 2 atom stereocenters. The Balaban J connectivity index is 1.47. The lowest BCUT2D eigenvalue weighted by molar-refractivity contribution is -0.118. The first-order chi connectivity index (χ1) is 19.1. The number of carbonyl (C=O) groups excluding carboxylic acids is 1. The Morgan fingerprint density at radius 2 is 1.43 bits per heavy atom. The van der Waals surface area contributed by atoms with Crippen LogP contribution in [0.2, 0.25) is 0 Å². The third-order valence-electron chi connectivity index (χ3n) is 6.84. The first-order valence-electron chi connectivity index (χ1n) is 12.0. The second-order valence-corrected chi connectivity index (χ2v) is 9.39. The van der Waals surface area contributed by atoms with E-state index in [9.17, 15) is 40.2 Å². The summed E-state index contributed by atoms with van der Waals surface area (Å²) in [6.45, 7) is 0. The standard InChI is InChI=1S/C30H20O10/c31-15-4-1-13(2-5-15)24-12-23(38)29-21(36)10-20(35)27(30(29)40-24)17-7-14(3-6-18(17)33)25-11-22(37)28-19(34)8-16(32)9-26(28)39-25/h1-12,27,30-34,36,38H. The zero-order chi connectivity index (χ0) is 28.3. The van der Waals surface area contributed by atoms with Gasteiger partial charge in [-0.15, -0.1) is 0 Å². The van der Waals surface area contributed by atoms with Crippen LogP contribution < -0.4 is 5.43 Å². The summed E-state index contributed by atoms with van der Waals surface area (Å²) in [7, 11) is 0. The van der Waals surface area contributed by atoms with E-state index in [1.54, 1.807) is 12.1 Å². The number of hydrogen-bond donors (Lipinski definition) is 6. The smallest absolute Gasteiger partial charge is 0.197 e. The largest absolute Gasteiger partial charge is 0.508 e. The molecule has 0 saturated carbocycles. The second kappa shape index (κ2) is 8.98. The lowest BCUT2D eigenvalue weighted by Gasteiger charge is -2.35. The number of allylic oxidation sites excluding steroid dienone is 2. The van der Waals surface area contributed by atoms with Gasteiger partial charge in [0.25, 0.3) is 0 Å². The molecule has 10 nitrogen and oxygen atoms in total. The van der Waals surface area contributed by atoms with Gasteiger partial charge in [-0.3, -0.25) is 9.59 Å². The van der Waals surface area contributed by atoms with Crippen molar-refractivity contribution in [1.82, 2.24) is 0 Å². The molecule has 2 heterocycles. The molecule has 2 unspecified atom stereocenters. The third-order valence-corrected chi connectivity index (χ3v) is 6.84. The number of phenols is 4. The molecule has 40 heavy (non-hydrogen) atoms. The molecule has 1 aliphatic carbocycles. The molecule has 0 saturated heterocycles. The summed E-state index contributed by atoms with van der Waals surface area (Å²) in [6, 6.07) is 13.4. The van der Waals surface area contributed by atoms with Gasteiger partial charge >= 0.3 is 0 Å². The van der Waals surface area contributed by atoms with Crippen molar-refractivity contribution in [1.29, 1.82) is 0 Å². The summed E-state index contributed by atoms with van der Waals surface area (Å²) in [5, 5.41) is 61.5. The van der Waals surface area contributed by atoms with E-state index >= 15 is 0 Å². The fourth-order valence-electron chi connectivity index (χ4n) is 4.99. The van der Waals surface area contributed by atoms with Crippen molar-refractivity contribution in [2.24, 2.45) is 0 Å². The van der Waals surface area contributed by atoms with E-state index in [1.165, 1.54) is 42.5 Å². The summed E-state index contributed by atoms with van der Waals surface area (Å²) in [6.07, 6.45) is 0.966.